The van der Waals surface area contributed by atoms with E-state index < -0.39 is 40.1 Å². The van der Waals surface area contributed by atoms with Gasteiger partial charge in [-0.1, -0.05) is 30.3 Å². The lowest BCUT2D eigenvalue weighted by molar-refractivity contribution is -0.274. The van der Waals surface area contributed by atoms with E-state index in [4.69, 9.17) is 4.74 Å². The highest BCUT2D eigenvalue weighted by Crippen LogP contribution is 2.30. The summed E-state index contributed by atoms with van der Waals surface area (Å²) in [5.74, 6) is -1.11. The number of aryl methyl sites for hydroxylation is 1. The van der Waals surface area contributed by atoms with Crippen LogP contribution in [0.3, 0.4) is 0 Å². The molecule has 14 heteroatoms. The van der Waals surface area contributed by atoms with E-state index in [0.717, 1.165) is 16.8 Å². The number of ether oxygens (including phenoxy) is 2. The number of anilines is 1. The Hall–Kier alpha value is -4.27. The molecule has 42 heavy (non-hydrogen) atoms. The Morgan fingerprint density at radius 2 is 1.69 bits per heavy atom. The Morgan fingerprint density at radius 3 is 2.36 bits per heavy atom. The highest BCUT2D eigenvalue weighted by atomic mass is 32.2. The first-order valence-corrected chi connectivity index (χ1v) is 14.2. The van der Waals surface area contributed by atoms with Crippen molar-refractivity contribution in [1.29, 1.82) is 0 Å². The molecule has 0 spiro atoms. The number of benzene rings is 3. The molecule has 3 aromatic carbocycles. The summed E-state index contributed by atoms with van der Waals surface area (Å²) in [7, 11) is -3.84. The second-order valence-corrected chi connectivity index (χ2v) is 11.4. The number of carbonyl (C=O) groups is 1. The summed E-state index contributed by atoms with van der Waals surface area (Å²) in [6.07, 6.45) is -4.85. The summed E-state index contributed by atoms with van der Waals surface area (Å²) in [5, 5.41) is 7.70. The maximum Gasteiger partial charge on any atom is 0.573 e. The molecule has 1 aliphatic rings. The van der Waals surface area contributed by atoms with E-state index in [-0.39, 0.29) is 29.1 Å². The Kier molecular flexibility index (Phi) is 8.03. The first-order chi connectivity index (χ1) is 19.9. The van der Waals surface area contributed by atoms with Crippen LogP contribution < -0.4 is 15.6 Å². The molecule has 1 aliphatic heterocycles. The molecule has 1 N–H and O–H groups in total. The molecule has 0 aliphatic carbocycles. The molecule has 2 heterocycles. The summed E-state index contributed by atoms with van der Waals surface area (Å²) < 4.78 is 75.6. The number of nitrogens with zero attached hydrogens (tertiary/aromatic N) is 3. The van der Waals surface area contributed by atoms with Crippen molar-refractivity contribution in [1.82, 2.24) is 14.1 Å². The number of amides is 1. The maximum atomic E-state index is 13.5. The summed E-state index contributed by atoms with van der Waals surface area (Å²) in [6.45, 7) is 2.22. The number of nitrogens with one attached hydrogen (secondary N) is 1. The number of fused-ring (bicyclic) bond motifs is 1. The van der Waals surface area contributed by atoms with E-state index in [0.29, 0.717) is 35.4 Å². The Labute approximate surface area is 238 Å². The van der Waals surface area contributed by atoms with Crippen LogP contribution in [0.1, 0.15) is 5.56 Å². The van der Waals surface area contributed by atoms with Gasteiger partial charge >= 0.3 is 6.36 Å². The Morgan fingerprint density at radius 1 is 1.02 bits per heavy atom. The molecule has 0 atom stereocenters. The number of alkyl halides is 3. The van der Waals surface area contributed by atoms with Crippen LogP contribution >= 0.6 is 0 Å². The molecule has 0 radical (unpaired) electrons. The predicted molar refractivity (Wildman–Crippen MR) is 148 cm³/mol. The van der Waals surface area contributed by atoms with E-state index >= 15 is 0 Å². The molecule has 0 saturated carbocycles. The van der Waals surface area contributed by atoms with Gasteiger partial charge < -0.3 is 14.8 Å². The van der Waals surface area contributed by atoms with Crippen molar-refractivity contribution in [2.75, 3.05) is 31.6 Å². The van der Waals surface area contributed by atoms with Crippen molar-refractivity contribution >= 4 is 32.4 Å². The lowest BCUT2D eigenvalue weighted by Crippen LogP contribution is -2.40. The molecular weight excluding hydrogens is 577 g/mol. The molecule has 0 bridgehead atoms. The first-order valence-electron chi connectivity index (χ1n) is 12.8. The number of carbonyl (C=O) groups excluding carboxylic acids is 1. The number of aromatic nitrogens is 2. The van der Waals surface area contributed by atoms with Crippen molar-refractivity contribution in [2.45, 2.75) is 24.7 Å². The van der Waals surface area contributed by atoms with Crippen molar-refractivity contribution in [2.24, 2.45) is 0 Å². The second kappa shape index (κ2) is 11.5. The summed E-state index contributed by atoms with van der Waals surface area (Å²) in [5.41, 5.74) is 0.892. The maximum absolute atomic E-state index is 13.5. The third-order valence-electron chi connectivity index (χ3n) is 6.58. The quantitative estimate of drug-likeness (QED) is 0.341. The minimum atomic E-state index is -4.85. The average Bonchev–Trinajstić information content (AvgIpc) is 2.95. The molecule has 0 unspecified atom stereocenters. The van der Waals surface area contributed by atoms with Crippen LogP contribution in [-0.4, -0.2) is 61.1 Å². The zero-order valence-electron chi connectivity index (χ0n) is 22.2. The van der Waals surface area contributed by atoms with Crippen LogP contribution in [0.25, 0.3) is 22.0 Å². The van der Waals surface area contributed by atoms with Crippen LogP contribution in [0.15, 0.2) is 76.4 Å². The van der Waals surface area contributed by atoms with Gasteiger partial charge in [0.2, 0.25) is 15.9 Å². The molecule has 1 aromatic heterocycles. The fourth-order valence-electron chi connectivity index (χ4n) is 4.58. The zero-order chi connectivity index (χ0) is 30.1. The number of rotatable bonds is 7. The van der Waals surface area contributed by atoms with Crippen molar-refractivity contribution in [3.63, 3.8) is 0 Å². The number of halogens is 3. The first kappa shape index (κ1) is 29.2. The monoisotopic (exact) mass is 602 g/mol. The van der Waals surface area contributed by atoms with Crippen molar-refractivity contribution in [3.8, 4) is 17.0 Å². The predicted octanol–water partition coefficient (Wildman–Crippen LogP) is 3.93. The topological polar surface area (TPSA) is 120 Å². The molecule has 1 saturated heterocycles. The third-order valence-corrected chi connectivity index (χ3v) is 8.62. The molecule has 1 amide bonds. The molecule has 220 valence electrons. The van der Waals surface area contributed by atoms with Gasteiger partial charge in [-0.2, -0.15) is 9.40 Å². The van der Waals surface area contributed by atoms with Gasteiger partial charge in [-0.15, -0.1) is 13.2 Å². The zero-order valence-corrected chi connectivity index (χ0v) is 23.0. The minimum Gasteiger partial charge on any atom is -0.406 e. The number of morpholine rings is 1. The van der Waals surface area contributed by atoms with E-state index in [1.165, 1.54) is 22.5 Å². The summed E-state index contributed by atoms with van der Waals surface area (Å²) in [6, 6.07) is 16.0. The Bertz CT molecular complexity index is 1800. The number of hydrogen-bond acceptors (Lipinski definition) is 7. The lowest BCUT2D eigenvalue weighted by atomic mass is 10.0. The lowest BCUT2D eigenvalue weighted by Gasteiger charge is -2.27. The van der Waals surface area contributed by atoms with Crippen LogP contribution in [-0.2, 0) is 26.1 Å². The molecular formula is C28H25F3N4O6S. The fraction of sp³-hybridized carbons (Fsp3) is 0.250. The van der Waals surface area contributed by atoms with Crippen LogP contribution in [0.2, 0.25) is 0 Å². The van der Waals surface area contributed by atoms with Crippen molar-refractivity contribution < 1.29 is 35.9 Å². The minimum absolute atomic E-state index is 0.0984. The number of sulfonamides is 1. The molecule has 10 nitrogen and oxygen atoms in total. The van der Waals surface area contributed by atoms with Gasteiger partial charge in [-0.25, -0.2) is 13.1 Å². The number of hydrogen-bond donors (Lipinski definition) is 1. The highest BCUT2D eigenvalue weighted by molar-refractivity contribution is 7.89. The van der Waals surface area contributed by atoms with Crippen LogP contribution in [0.5, 0.6) is 5.75 Å². The van der Waals surface area contributed by atoms with Gasteiger partial charge in [0, 0.05) is 29.7 Å². The van der Waals surface area contributed by atoms with Crippen LogP contribution in [0, 0.1) is 6.92 Å². The van der Waals surface area contributed by atoms with E-state index in [1.807, 2.05) is 0 Å². The van der Waals surface area contributed by atoms with Gasteiger partial charge in [0.25, 0.3) is 5.56 Å². The average molecular weight is 603 g/mol. The smallest absolute Gasteiger partial charge is 0.406 e. The standard InChI is InChI=1S/C28H25F3N4O6S/c1-18-6-7-19(16-24(18)42(38,39)34-12-14-40-15-13-34)26-22-4-2-3-5-23(22)27(37)35(33-26)17-25(36)32-20-8-10-21(11-9-20)41-28(29,30)31/h2-11,16H,12-15,17H2,1H3,(H,32,36). The summed E-state index contributed by atoms with van der Waals surface area (Å²) in [4.78, 5) is 26.2. The SMILES string of the molecule is Cc1ccc(-c2nn(CC(=O)Nc3ccc(OC(F)(F)F)cc3)c(=O)c3ccccc23)cc1S(=O)(=O)N1CCOCC1. The molecule has 4 aromatic rings. The van der Waals surface area contributed by atoms with Gasteiger partial charge in [0.15, 0.2) is 0 Å². The highest BCUT2D eigenvalue weighted by Gasteiger charge is 2.31. The Balaban J connectivity index is 1.48. The van der Waals surface area contributed by atoms with Gasteiger partial charge in [-0.3, -0.25) is 9.59 Å². The molecule has 1 fully saturated rings. The second-order valence-electron chi connectivity index (χ2n) is 9.47. The largest absolute Gasteiger partial charge is 0.573 e. The normalized spacial score (nSPS) is 14.6. The van der Waals surface area contributed by atoms with Gasteiger partial charge in [-0.05, 0) is 48.9 Å². The third kappa shape index (κ3) is 6.30. The fourth-order valence-corrected chi connectivity index (χ4v) is 6.24. The van der Waals surface area contributed by atoms with Gasteiger partial charge in [0.1, 0.15) is 12.3 Å². The van der Waals surface area contributed by atoms with Crippen molar-refractivity contribution in [3.05, 3.63) is 82.6 Å². The van der Waals surface area contributed by atoms with E-state index in [1.54, 1.807) is 43.3 Å². The summed E-state index contributed by atoms with van der Waals surface area (Å²) >= 11 is 0. The molecule has 5 rings (SSSR count). The van der Waals surface area contributed by atoms with E-state index in [9.17, 15) is 31.2 Å². The van der Waals surface area contributed by atoms with Crippen LogP contribution in [0.4, 0.5) is 18.9 Å². The van der Waals surface area contributed by atoms with Gasteiger partial charge in [0.05, 0.1) is 29.2 Å². The van der Waals surface area contributed by atoms with E-state index in [2.05, 4.69) is 15.2 Å².